The van der Waals surface area contributed by atoms with Crippen molar-refractivity contribution in [3.05, 3.63) is 70.8 Å². The standard InChI is InChI=1S/C21H13BF8O3/c1-31-13-6-10(24)17(27)15(19(13)29)22(9-4-8(23)5-12(26)21(9)33-3)16-18(28)11(25)7-14(32-2)20(16)30/h4-7H,1-3H3. The maximum absolute atomic E-state index is 15.2. The highest BCUT2D eigenvalue weighted by atomic mass is 19.2. The van der Waals surface area contributed by atoms with E-state index in [0.29, 0.717) is 24.3 Å². The van der Waals surface area contributed by atoms with Crippen LogP contribution in [0.25, 0.3) is 0 Å². The predicted octanol–water partition coefficient (Wildman–Crippen LogP) is 3.34. The molecule has 3 aromatic rings. The quantitative estimate of drug-likeness (QED) is 0.311. The predicted molar refractivity (Wildman–Crippen MR) is 103 cm³/mol. The number of halogens is 8. The molecule has 0 saturated carbocycles. The third kappa shape index (κ3) is 4.05. The zero-order valence-corrected chi connectivity index (χ0v) is 17.1. The Morgan fingerprint density at radius 2 is 1.00 bits per heavy atom. The molecular weight excluding hydrogens is 463 g/mol. The van der Waals surface area contributed by atoms with Crippen LogP contribution in [-0.4, -0.2) is 28.0 Å². The molecule has 0 spiro atoms. The van der Waals surface area contributed by atoms with Gasteiger partial charge in [-0.05, 0) is 11.5 Å². The first kappa shape index (κ1) is 24.2. The summed E-state index contributed by atoms with van der Waals surface area (Å²) in [5.74, 6) is -16.1. The minimum atomic E-state index is -2.49. The molecule has 0 unspecified atom stereocenters. The lowest BCUT2D eigenvalue weighted by atomic mass is 9.36. The van der Waals surface area contributed by atoms with E-state index in [4.69, 9.17) is 4.74 Å². The fourth-order valence-electron chi connectivity index (χ4n) is 3.47. The molecule has 0 aliphatic carbocycles. The van der Waals surface area contributed by atoms with Crippen molar-refractivity contribution in [2.75, 3.05) is 21.3 Å². The van der Waals surface area contributed by atoms with E-state index in [0.717, 1.165) is 21.3 Å². The lowest BCUT2D eigenvalue weighted by Crippen LogP contribution is -2.58. The van der Waals surface area contributed by atoms with Gasteiger partial charge >= 0.3 is 0 Å². The Balaban J connectivity index is 2.59. The summed E-state index contributed by atoms with van der Waals surface area (Å²) in [4.78, 5) is 0. The van der Waals surface area contributed by atoms with Crippen LogP contribution in [0.4, 0.5) is 35.1 Å². The van der Waals surface area contributed by atoms with Crippen LogP contribution in [-0.2, 0) is 0 Å². The third-order valence-electron chi connectivity index (χ3n) is 4.88. The van der Waals surface area contributed by atoms with E-state index in [-0.39, 0.29) is 0 Å². The summed E-state index contributed by atoms with van der Waals surface area (Å²) in [5.41, 5.74) is -3.70. The SMILES string of the molecule is COc1cc(F)c(F)c(B(c2cc(F)cc(F)c2OC)c2c(F)c(F)cc(OC)c2F)c1F. The van der Waals surface area contributed by atoms with Crippen LogP contribution in [0.3, 0.4) is 0 Å². The van der Waals surface area contributed by atoms with E-state index in [1.807, 2.05) is 0 Å². The number of ether oxygens (including phenoxy) is 3. The van der Waals surface area contributed by atoms with Gasteiger partial charge in [0.1, 0.15) is 11.6 Å². The molecule has 0 amide bonds. The summed E-state index contributed by atoms with van der Waals surface area (Å²) in [6.45, 7) is -2.49. The fourth-order valence-corrected chi connectivity index (χ4v) is 3.47. The molecule has 0 saturated heterocycles. The largest absolute Gasteiger partial charge is 0.494 e. The van der Waals surface area contributed by atoms with Gasteiger partial charge in [-0.1, -0.05) is 0 Å². The minimum absolute atomic E-state index is 0.313. The lowest BCUT2D eigenvalue weighted by Gasteiger charge is -2.22. The number of rotatable bonds is 6. The van der Waals surface area contributed by atoms with E-state index in [1.54, 1.807) is 0 Å². The molecule has 0 atom stereocenters. The smallest absolute Gasteiger partial charge is 0.262 e. The summed E-state index contributed by atoms with van der Waals surface area (Å²) in [6.07, 6.45) is 0. The van der Waals surface area contributed by atoms with Gasteiger partial charge in [-0.2, -0.15) is 0 Å². The Hall–Kier alpha value is -3.44. The van der Waals surface area contributed by atoms with Crippen molar-refractivity contribution < 1.29 is 49.3 Å². The van der Waals surface area contributed by atoms with Crippen LogP contribution in [0.1, 0.15) is 0 Å². The zero-order chi connectivity index (χ0) is 24.6. The van der Waals surface area contributed by atoms with Gasteiger partial charge in [0, 0.05) is 29.1 Å². The van der Waals surface area contributed by atoms with Gasteiger partial charge in [0.15, 0.2) is 52.2 Å². The maximum atomic E-state index is 15.2. The lowest BCUT2D eigenvalue weighted by molar-refractivity contribution is 0.378. The number of hydrogen-bond donors (Lipinski definition) is 0. The molecule has 0 aliphatic heterocycles. The third-order valence-corrected chi connectivity index (χ3v) is 4.88. The van der Waals surface area contributed by atoms with Crippen LogP contribution < -0.4 is 30.6 Å². The average Bonchev–Trinajstić information content (AvgIpc) is 2.77. The second kappa shape index (κ2) is 9.20. The van der Waals surface area contributed by atoms with E-state index < -0.39 is 86.9 Å². The molecule has 3 nitrogen and oxygen atoms in total. The molecule has 0 fully saturated rings. The molecule has 174 valence electrons. The molecule has 0 aliphatic rings. The number of methoxy groups -OCH3 is 3. The zero-order valence-electron chi connectivity index (χ0n) is 17.1. The van der Waals surface area contributed by atoms with Crippen molar-refractivity contribution >= 4 is 23.1 Å². The van der Waals surface area contributed by atoms with Gasteiger partial charge in [0.2, 0.25) is 0 Å². The summed E-state index contributed by atoms with van der Waals surface area (Å²) in [5, 5.41) is 0. The monoisotopic (exact) mass is 476 g/mol. The second-order valence-corrected chi connectivity index (χ2v) is 6.65. The molecule has 12 heteroatoms. The summed E-state index contributed by atoms with van der Waals surface area (Å²) >= 11 is 0. The van der Waals surface area contributed by atoms with Gasteiger partial charge < -0.3 is 14.2 Å². The highest BCUT2D eigenvalue weighted by Gasteiger charge is 2.40. The Morgan fingerprint density at radius 1 is 0.545 bits per heavy atom. The van der Waals surface area contributed by atoms with Crippen molar-refractivity contribution in [2.45, 2.75) is 0 Å². The van der Waals surface area contributed by atoms with Crippen molar-refractivity contribution in [3.8, 4) is 17.2 Å². The van der Waals surface area contributed by atoms with Gasteiger partial charge in [-0.15, -0.1) is 0 Å². The summed E-state index contributed by atoms with van der Waals surface area (Å²) in [6, 6.07) is 1.41. The molecule has 33 heavy (non-hydrogen) atoms. The van der Waals surface area contributed by atoms with Crippen LogP contribution >= 0.6 is 0 Å². The van der Waals surface area contributed by atoms with E-state index in [1.165, 1.54) is 0 Å². The average molecular weight is 476 g/mol. The normalized spacial score (nSPS) is 10.9. The van der Waals surface area contributed by atoms with Crippen LogP contribution in [0.15, 0.2) is 24.3 Å². The van der Waals surface area contributed by atoms with Crippen LogP contribution in [0.2, 0.25) is 0 Å². The minimum Gasteiger partial charge on any atom is -0.494 e. The maximum Gasteiger partial charge on any atom is 0.262 e. The van der Waals surface area contributed by atoms with E-state index in [2.05, 4.69) is 9.47 Å². The number of hydrogen-bond acceptors (Lipinski definition) is 3. The number of benzene rings is 3. The molecule has 0 aromatic heterocycles. The van der Waals surface area contributed by atoms with E-state index in [9.17, 15) is 26.3 Å². The van der Waals surface area contributed by atoms with Crippen molar-refractivity contribution in [2.24, 2.45) is 0 Å². The molecule has 0 heterocycles. The fraction of sp³-hybridized carbons (Fsp3) is 0.143. The Kier molecular flexibility index (Phi) is 6.75. The molecule has 0 radical (unpaired) electrons. The Labute approximate surface area is 182 Å². The second-order valence-electron chi connectivity index (χ2n) is 6.65. The Bertz CT molecular complexity index is 1170. The molecule has 3 aromatic carbocycles. The van der Waals surface area contributed by atoms with Crippen molar-refractivity contribution in [1.29, 1.82) is 0 Å². The topological polar surface area (TPSA) is 27.7 Å². The first-order valence-electron chi connectivity index (χ1n) is 9.02. The van der Waals surface area contributed by atoms with E-state index >= 15 is 8.78 Å². The van der Waals surface area contributed by atoms with Gasteiger partial charge in [0.05, 0.1) is 21.3 Å². The van der Waals surface area contributed by atoms with Gasteiger partial charge in [-0.25, -0.2) is 35.1 Å². The van der Waals surface area contributed by atoms with Gasteiger partial charge in [-0.3, -0.25) is 0 Å². The van der Waals surface area contributed by atoms with Gasteiger partial charge in [0.25, 0.3) is 6.71 Å². The molecule has 0 bridgehead atoms. The highest BCUT2D eigenvalue weighted by Crippen LogP contribution is 2.25. The summed E-state index contributed by atoms with van der Waals surface area (Å²) in [7, 11) is 2.67. The molecule has 3 rings (SSSR count). The van der Waals surface area contributed by atoms with Crippen molar-refractivity contribution in [1.82, 2.24) is 0 Å². The summed E-state index contributed by atoms with van der Waals surface area (Å²) < 4.78 is 131. The Morgan fingerprint density at radius 3 is 1.39 bits per heavy atom. The van der Waals surface area contributed by atoms with Crippen molar-refractivity contribution in [3.63, 3.8) is 0 Å². The first-order chi connectivity index (χ1) is 15.6. The van der Waals surface area contributed by atoms with Crippen LogP contribution in [0.5, 0.6) is 17.2 Å². The van der Waals surface area contributed by atoms with Crippen LogP contribution in [0, 0.1) is 46.5 Å². The first-order valence-corrected chi connectivity index (χ1v) is 9.02. The highest BCUT2D eigenvalue weighted by molar-refractivity contribution is 6.96. The molecule has 0 N–H and O–H groups in total. The molecular formula is C21H13BF8O3.